The first-order valence-electron chi connectivity index (χ1n) is 6.71. The number of hydrogen-bond donors (Lipinski definition) is 1. The summed E-state index contributed by atoms with van der Waals surface area (Å²) in [6.07, 6.45) is 1.88. The molecule has 0 saturated carbocycles. The number of carbonyl (C=O) groups excluding carboxylic acids is 1. The van der Waals surface area contributed by atoms with Crippen LogP contribution in [0.15, 0.2) is 18.3 Å². The van der Waals surface area contributed by atoms with Crippen molar-refractivity contribution in [1.29, 1.82) is 0 Å². The highest BCUT2D eigenvalue weighted by atomic mass is 16.2. The topological polar surface area (TPSA) is 62.5 Å². The molecular formula is C14H22N4O. The number of amides is 1. The van der Waals surface area contributed by atoms with E-state index in [9.17, 15) is 4.79 Å². The van der Waals surface area contributed by atoms with E-state index in [1.165, 1.54) is 0 Å². The fourth-order valence-corrected chi connectivity index (χ4v) is 2.75. The van der Waals surface area contributed by atoms with Crippen LogP contribution in [-0.2, 0) is 4.79 Å². The third-order valence-electron chi connectivity index (χ3n) is 3.60. The largest absolute Gasteiger partial charge is 0.353 e. The van der Waals surface area contributed by atoms with Crippen molar-refractivity contribution in [3.63, 3.8) is 0 Å². The Kier molecular flexibility index (Phi) is 4.04. The highest BCUT2D eigenvalue weighted by Gasteiger charge is 2.32. The molecule has 1 amide bonds. The van der Waals surface area contributed by atoms with Crippen molar-refractivity contribution in [1.82, 2.24) is 9.88 Å². The van der Waals surface area contributed by atoms with E-state index in [1.807, 2.05) is 24.1 Å². The lowest BCUT2D eigenvalue weighted by atomic mass is 10.1. The van der Waals surface area contributed by atoms with Gasteiger partial charge in [-0.1, -0.05) is 6.07 Å². The van der Waals surface area contributed by atoms with Gasteiger partial charge in [-0.05, 0) is 32.4 Å². The number of hydrogen-bond acceptors (Lipinski definition) is 4. The third kappa shape index (κ3) is 2.87. The Balaban J connectivity index is 2.13. The van der Waals surface area contributed by atoms with E-state index in [0.29, 0.717) is 0 Å². The molecule has 2 atom stereocenters. The number of aromatic nitrogens is 1. The van der Waals surface area contributed by atoms with E-state index in [-0.39, 0.29) is 24.5 Å². The maximum Gasteiger partial charge on any atom is 0.236 e. The first kappa shape index (κ1) is 13.8. The zero-order chi connectivity index (χ0) is 14.0. The second kappa shape index (κ2) is 5.57. The number of nitrogens with two attached hydrogens (primary N) is 1. The summed E-state index contributed by atoms with van der Waals surface area (Å²) in [7, 11) is 0. The maximum absolute atomic E-state index is 11.8. The minimum Gasteiger partial charge on any atom is -0.353 e. The van der Waals surface area contributed by atoms with Crippen molar-refractivity contribution in [2.24, 2.45) is 5.73 Å². The molecule has 0 spiro atoms. The van der Waals surface area contributed by atoms with Gasteiger partial charge in [0, 0.05) is 31.4 Å². The van der Waals surface area contributed by atoms with Crippen molar-refractivity contribution in [3.05, 3.63) is 23.9 Å². The highest BCUT2D eigenvalue weighted by Crippen LogP contribution is 2.20. The molecule has 1 aromatic heterocycles. The van der Waals surface area contributed by atoms with Gasteiger partial charge >= 0.3 is 0 Å². The molecule has 0 aliphatic carbocycles. The number of rotatable bonds is 2. The van der Waals surface area contributed by atoms with E-state index >= 15 is 0 Å². The zero-order valence-corrected chi connectivity index (χ0v) is 11.8. The molecule has 2 rings (SSSR count). The predicted molar refractivity (Wildman–Crippen MR) is 76.0 cm³/mol. The fraction of sp³-hybridized carbons (Fsp3) is 0.571. The Labute approximate surface area is 114 Å². The Morgan fingerprint density at radius 3 is 2.47 bits per heavy atom. The summed E-state index contributed by atoms with van der Waals surface area (Å²) in [5.74, 6) is 1.00. The van der Waals surface area contributed by atoms with Crippen LogP contribution in [-0.4, -0.2) is 47.5 Å². The second-order valence-corrected chi connectivity index (χ2v) is 5.30. The Hall–Kier alpha value is -1.62. The maximum atomic E-state index is 11.8. The first-order valence-corrected chi connectivity index (χ1v) is 6.71. The van der Waals surface area contributed by atoms with Crippen LogP contribution >= 0.6 is 0 Å². The van der Waals surface area contributed by atoms with Crippen molar-refractivity contribution in [2.45, 2.75) is 32.9 Å². The summed E-state index contributed by atoms with van der Waals surface area (Å²) in [6, 6.07) is 4.41. The van der Waals surface area contributed by atoms with Crippen LogP contribution in [0.2, 0.25) is 0 Å². The fourth-order valence-electron chi connectivity index (χ4n) is 2.75. The SMILES string of the molecule is Cc1ccc(N2C[C@@H](C)N(C(=O)CN)[C@@H](C)C2)nc1. The quantitative estimate of drug-likeness (QED) is 0.855. The number of carbonyl (C=O) groups is 1. The molecule has 1 aliphatic heterocycles. The van der Waals surface area contributed by atoms with Gasteiger partial charge in [-0.2, -0.15) is 0 Å². The summed E-state index contributed by atoms with van der Waals surface area (Å²) >= 11 is 0. The van der Waals surface area contributed by atoms with Gasteiger partial charge in [0.05, 0.1) is 6.54 Å². The standard InChI is InChI=1S/C14H22N4O/c1-10-4-5-13(16-7-10)17-8-11(2)18(12(3)9-17)14(19)6-15/h4-5,7,11-12H,6,8-9,15H2,1-3H3/t11-,12+. The van der Waals surface area contributed by atoms with Gasteiger partial charge in [-0.25, -0.2) is 4.98 Å². The van der Waals surface area contributed by atoms with Gasteiger partial charge in [0.25, 0.3) is 0 Å². The zero-order valence-electron chi connectivity index (χ0n) is 11.8. The van der Waals surface area contributed by atoms with Crippen molar-refractivity contribution >= 4 is 11.7 Å². The lowest BCUT2D eigenvalue weighted by Crippen LogP contribution is -2.60. The Morgan fingerprint density at radius 2 is 2.00 bits per heavy atom. The minimum atomic E-state index is 0.0246. The average Bonchev–Trinajstić information content (AvgIpc) is 2.38. The van der Waals surface area contributed by atoms with Crippen molar-refractivity contribution in [2.75, 3.05) is 24.5 Å². The van der Waals surface area contributed by atoms with E-state index < -0.39 is 0 Å². The molecule has 1 aromatic rings. The van der Waals surface area contributed by atoms with Gasteiger partial charge in [0.15, 0.2) is 0 Å². The number of pyridine rings is 1. The van der Waals surface area contributed by atoms with E-state index in [1.54, 1.807) is 0 Å². The summed E-state index contributed by atoms with van der Waals surface area (Å²) in [5, 5.41) is 0. The van der Waals surface area contributed by atoms with Gasteiger partial charge in [-0.3, -0.25) is 4.79 Å². The number of nitrogens with zero attached hydrogens (tertiary/aromatic N) is 3. The smallest absolute Gasteiger partial charge is 0.236 e. The van der Waals surface area contributed by atoms with Crippen LogP contribution in [0.3, 0.4) is 0 Å². The molecule has 1 saturated heterocycles. The molecule has 2 N–H and O–H groups in total. The molecule has 104 valence electrons. The predicted octanol–water partition coefficient (Wildman–Crippen LogP) is 0.774. The summed E-state index contributed by atoms with van der Waals surface area (Å²) < 4.78 is 0. The first-order chi connectivity index (χ1) is 9.02. The monoisotopic (exact) mass is 262 g/mol. The molecule has 5 heteroatoms. The van der Waals surface area contributed by atoms with Crippen molar-refractivity contribution in [3.8, 4) is 0 Å². The minimum absolute atomic E-state index is 0.0246. The molecule has 0 bridgehead atoms. The van der Waals surface area contributed by atoms with Crippen LogP contribution in [0.5, 0.6) is 0 Å². The number of piperazine rings is 1. The van der Waals surface area contributed by atoms with Gasteiger partial charge in [0.1, 0.15) is 5.82 Å². The van der Waals surface area contributed by atoms with Crippen LogP contribution in [0.25, 0.3) is 0 Å². The van der Waals surface area contributed by atoms with Gasteiger partial charge < -0.3 is 15.5 Å². The van der Waals surface area contributed by atoms with E-state index in [4.69, 9.17) is 5.73 Å². The van der Waals surface area contributed by atoms with E-state index in [2.05, 4.69) is 29.8 Å². The molecule has 0 unspecified atom stereocenters. The highest BCUT2D eigenvalue weighted by molar-refractivity contribution is 5.79. The third-order valence-corrected chi connectivity index (χ3v) is 3.60. The molecule has 0 aromatic carbocycles. The van der Waals surface area contributed by atoms with Crippen LogP contribution in [0.4, 0.5) is 5.82 Å². The number of aryl methyl sites for hydroxylation is 1. The Morgan fingerprint density at radius 1 is 1.37 bits per heavy atom. The molecule has 1 aliphatic rings. The molecule has 19 heavy (non-hydrogen) atoms. The van der Waals surface area contributed by atoms with Crippen molar-refractivity contribution < 1.29 is 4.79 Å². The Bertz CT molecular complexity index is 433. The summed E-state index contributed by atoms with van der Waals surface area (Å²) in [5.41, 5.74) is 6.63. The lowest BCUT2D eigenvalue weighted by molar-refractivity contribution is -0.134. The molecule has 0 radical (unpaired) electrons. The van der Waals surface area contributed by atoms with Crippen LogP contribution in [0, 0.1) is 6.92 Å². The molecule has 5 nitrogen and oxygen atoms in total. The van der Waals surface area contributed by atoms with Crippen LogP contribution in [0.1, 0.15) is 19.4 Å². The lowest BCUT2D eigenvalue weighted by Gasteiger charge is -2.44. The molecule has 2 heterocycles. The summed E-state index contributed by atoms with van der Waals surface area (Å²) in [4.78, 5) is 20.4. The van der Waals surface area contributed by atoms with Crippen LogP contribution < -0.4 is 10.6 Å². The molecule has 1 fully saturated rings. The molecular weight excluding hydrogens is 240 g/mol. The second-order valence-electron chi connectivity index (χ2n) is 5.30. The van der Waals surface area contributed by atoms with Gasteiger partial charge in [0.2, 0.25) is 5.91 Å². The number of anilines is 1. The van der Waals surface area contributed by atoms with E-state index in [0.717, 1.165) is 24.5 Å². The average molecular weight is 262 g/mol. The summed E-state index contributed by atoms with van der Waals surface area (Å²) in [6.45, 7) is 7.82. The normalized spacial score (nSPS) is 23.6. The van der Waals surface area contributed by atoms with Gasteiger partial charge in [-0.15, -0.1) is 0 Å².